The van der Waals surface area contributed by atoms with Crippen molar-refractivity contribution in [3.8, 4) is 5.75 Å². The van der Waals surface area contributed by atoms with Crippen LogP contribution in [-0.2, 0) is 11.3 Å². The van der Waals surface area contributed by atoms with Crippen LogP contribution in [0.5, 0.6) is 5.75 Å². The number of benzene rings is 1. The van der Waals surface area contributed by atoms with Crippen molar-refractivity contribution >= 4 is 15.9 Å². The summed E-state index contributed by atoms with van der Waals surface area (Å²) in [6.45, 7) is 5.17. The molecule has 1 aliphatic rings. The number of ether oxygens (including phenoxy) is 2. The topological polar surface area (TPSA) is 30.5 Å². The van der Waals surface area contributed by atoms with Crippen molar-refractivity contribution in [1.29, 1.82) is 0 Å². The first-order chi connectivity index (χ1) is 9.29. The van der Waals surface area contributed by atoms with E-state index in [0.717, 1.165) is 42.4 Å². The van der Waals surface area contributed by atoms with Gasteiger partial charge in [0.05, 0.1) is 11.1 Å². The van der Waals surface area contributed by atoms with Crippen molar-refractivity contribution in [3.63, 3.8) is 0 Å². The van der Waals surface area contributed by atoms with Gasteiger partial charge >= 0.3 is 0 Å². The van der Waals surface area contributed by atoms with E-state index in [1.807, 2.05) is 13.0 Å². The zero-order valence-corrected chi connectivity index (χ0v) is 13.0. The summed E-state index contributed by atoms with van der Waals surface area (Å²) < 4.78 is 12.0. The summed E-state index contributed by atoms with van der Waals surface area (Å²) in [6, 6.07) is 7.04. The second-order valence-electron chi connectivity index (χ2n) is 4.82. The van der Waals surface area contributed by atoms with Gasteiger partial charge in [-0.1, -0.05) is 6.07 Å². The van der Waals surface area contributed by atoms with Crippen molar-refractivity contribution < 1.29 is 9.47 Å². The van der Waals surface area contributed by atoms with Crippen molar-refractivity contribution in [2.75, 3.05) is 19.8 Å². The molecule has 0 atom stereocenters. The average Bonchev–Trinajstić information content (AvgIpc) is 3.22. The third-order valence-corrected chi connectivity index (χ3v) is 3.68. The largest absolute Gasteiger partial charge is 0.492 e. The zero-order chi connectivity index (χ0) is 13.5. The molecule has 0 spiro atoms. The maximum atomic E-state index is 5.73. The summed E-state index contributed by atoms with van der Waals surface area (Å²) >= 11 is 3.57. The van der Waals surface area contributed by atoms with E-state index in [2.05, 4.69) is 33.4 Å². The normalized spacial score (nSPS) is 14.6. The summed E-state index contributed by atoms with van der Waals surface area (Å²) in [7, 11) is 0. The van der Waals surface area contributed by atoms with Gasteiger partial charge < -0.3 is 14.8 Å². The fourth-order valence-electron chi connectivity index (χ4n) is 1.81. The quantitative estimate of drug-likeness (QED) is 0.704. The Kier molecular flexibility index (Phi) is 6.14. The minimum Gasteiger partial charge on any atom is -0.492 e. The van der Waals surface area contributed by atoms with E-state index in [-0.39, 0.29) is 0 Å². The van der Waals surface area contributed by atoms with Gasteiger partial charge in [0.15, 0.2) is 0 Å². The predicted octanol–water partition coefficient (Wildman–Crippen LogP) is 3.51. The van der Waals surface area contributed by atoms with Crippen LogP contribution in [0.2, 0.25) is 0 Å². The Balaban J connectivity index is 1.73. The van der Waals surface area contributed by atoms with E-state index in [4.69, 9.17) is 9.47 Å². The minimum absolute atomic E-state index is 0.693. The van der Waals surface area contributed by atoms with Gasteiger partial charge in [0.1, 0.15) is 5.75 Å². The van der Waals surface area contributed by atoms with Crippen LogP contribution in [0.1, 0.15) is 31.7 Å². The maximum absolute atomic E-state index is 5.73. The molecule has 0 aliphatic heterocycles. The molecule has 1 aliphatic carbocycles. The zero-order valence-electron chi connectivity index (χ0n) is 11.5. The molecule has 0 aromatic heterocycles. The third-order valence-electron chi connectivity index (χ3n) is 3.06. The van der Waals surface area contributed by atoms with E-state index >= 15 is 0 Å². The van der Waals surface area contributed by atoms with Crippen molar-refractivity contribution in [2.45, 2.75) is 38.8 Å². The van der Waals surface area contributed by atoms with E-state index in [0.29, 0.717) is 6.61 Å². The lowest BCUT2D eigenvalue weighted by Gasteiger charge is -2.10. The standard InChI is InChI=1S/C15H22BrNO2/c1-2-18-8-3-9-19-15-7-4-12(10-14(15)16)11-17-13-5-6-13/h4,7,10,13,17H,2-3,5-6,8-9,11H2,1H3. The molecule has 1 N–H and O–H groups in total. The van der Waals surface area contributed by atoms with Crippen molar-refractivity contribution in [1.82, 2.24) is 5.32 Å². The Morgan fingerprint density at radius 2 is 2.16 bits per heavy atom. The first-order valence-corrected chi connectivity index (χ1v) is 7.81. The van der Waals surface area contributed by atoms with Gasteiger partial charge in [0.25, 0.3) is 0 Å². The smallest absolute Gasteiger partial charge is 0.133 e. The highest BCUT2D eigenvalue weighted by Gasteiger charge is 2.19. The number of rotatable bonds is 9. The number of nitrogens with one attached hydrogen (secondary N) is 1. The molecule has 0 saturated heterocycles. The molecule has 1 aromatic carbocycles. The van der Waals surface area contributed by atoms with E-state index < -0.39 is 0 Å². The lowest BCUT2D eigenvalue weighted by Crippen LogP contribution is -2.15. The number of hydrogen-bond acceptors (Lipinski definition) is 3. The number of hydrogen-bond donors (Lipinski definition) is 1. The molecule has 1 saturated carbocycles. The summed E-state index contributed by atoms with van der Waals surface area (Å²) in [6.07, 6.45) is 3.57. The van der Waals surface area contributed by atoms with Gasteiger partial charge in [-0.25, -0.2) is 0 Å². The molecule has 106 valence electrons. The molecular weight excluding hydrogens is 306 g/mol. The van der Waals surface area contributed by atoms with Gasteiger partial charge in [-0.3, -0.25) is 0 Å². The van der Waals surface area contributed by atoms with Crippen molar-refractivity contribution in [3.05, 3.63) is 28.2 Å². The van der Waals surface area contributed by atoms with E-state index in [1.54, 1.807) is 0 Å². The lowest BCUT2D eigenvalue weighted by molar-refractivity contribution is 0.130. The Bertz CT molecular complexity index is 394. The fraction of sp³-hybridized carbons (Fsp3) is 0.600. The SMILES string of the molecule is CCOCCCOc1ccc(CNC2CC2)cc1Br. The molecular formula is C15H22BrNO2. The van der Waals surface area contributed by atoms with Crippen LogP contribution in [0.15, 0.2) is 22.7 Å². The first kappa shape index (κ1) is 14.8. The van der Waals surface area contributed by atoms with Crippen LogP contribution in [0.3, 0.4) is 0 Å². The maximum Gasteiger partial charge on any atom is 0.133 e. The molecule has 1 fully saturated rings. The summed E-state index contributed by atoms with van der Waals surface area (Å²) in [5.74, 6) is 0.909. The fourth-order valence-corrected chi connectivity index (χ4v) is 2.35. The number of halogens is 1. The Hall–Kier alpha value is -0.580. The monoisotopic (exact) mass is 327 g/mol. The van der Waals surface area contributed by atoms with Crippen LogP contribution in [0.25, 0.3) is 0 Å². The highest BCUT2D eigenvalue weighted by molar-refractivity contribution is 9.10. The average molecular weight is 328 g/mol. The van der Waals surface area contributed by atoms with Gasteiger partial charge in [0, 0.05) is 32.2 Å². The second kappa shape index (κ2) is 7.88. The highest BCUT2D eigenvalue weighted by Crippen LogP contribution is 2.27. The molecule has 0 heterocycles. The molecule has 2 rings (SSSR count). The molecule has 0 radical (unpaired) electrons. The predicted molar refractivity (Wildman–Crippen MR) is 80.6 cm³/mol. The second-order valence-corrected chi connectivity index (χ2v) is 5.67. The molecule has 0 bridgehead atoms. The molecule has 4 heteroatoms. The van der Waals surface area contributed by atoms with Crippen LogP contribution >= 0.6 is 15.9 Å². The van der Waals surface area contributed by atoms with Gasteiger partial charge in [0.2, 0.25) is 0 Å². The third kappa shape index (κ3) is 5.51. The van der Waals surface area contributed by atoms with E-state index in [9.17, 15) is 0 Å². The molecule has 19 heavy (non-hydrogen) atoms. The minimum atomic E-state index is 0.693. The highest BCUT2D eigenvalue weighted by atomic mass is 79.9. The molecule has 0 unspecified atom stereocenters. The van der Waals surface area contributed by atoms with E-state index in [1.165, 1.54) is 18.4 Å². The Morgan fingerprint density at radius 1 is 1.32 bits per heavy atom. The van der Waals surface area contributed by atoms with Gasteiger partial charge in [-0.15, -0.1) is 0 Å². The van der Waals surface area contributed by atoms with Crippen molar-refractivity contribution in [2.24, 2.45) is 0 Å². The van der Waals surface area contributed by atoms with Crippen LogP contribution in [-0.4, -0.2) is 25.9 Å². The molecule has 0 amide bonds. The Labute approximate surface area is 123 Å². The summed E-state index contributed by atoms with van der Waals surface area (Å²) in [5.41, 5.74) is 1.29. The molecule has 3 nitrogen and oxygen atoms in total. The van der Waals surface area contributed by atoms with Gasteiger partial charge in [-0.2, -0.15) is 0 Å². The summed E-state index contributed by atoms with van der Waals surface area (Å²) in [4.78, 5) is 0. The first-order valence-electron chi connectivity index (χ1n) is 7.02. The van der Waals surface area contributed by atoms with Crippen LogP contribution in [0, 0.1) is 0 Å². The van der Waals surface area contributed by atoms with Crippen LogP contribution < -0.4 is 10.1 Å². The van der Waals surface area contributed by atoms with Crippen LogP contribution in [0.4, 0.5) is 0 Å². The molecule has 1 aromatic rings. The lowest BCUT2D eigenvalue weighted by atomic mass is 10.2. The Morgan fingerprint density at radius 3 is 2.84 bits per heavy atom. The van der Waals surface area contributed by atoms with Gasteiger partial charge in [-0.05, 0) is 53.4 Å². The summed E-state index contributed by atoms with van der Waals surface area (Å²) in [5, 5.41) is 3.51.